The average molecular weight is 502 g/mol. The number of carboxylic acid groups (broad SMARTS) is 1. The number of benzene rings is 1. The van der Waals surface area contributed by atoms with E-state index in [2.05, 4.69) is 78.0 Å². The molecule has 2 atom stereocenters. The monoisotopic (exact) mass is 501 g/mol. The van der Waals surface area contributed by atoms with Crippen LogP contribution in [0.1, 0.15) is 101 Å². The molecule has 0 spiro atoms. The van der Waals surface area contributed by atoms with Crippen molar-refractivity contribution in [1.82, 2.24) is 19.5 Å². The van der Waals surface area contributed by atoms with Gasteiger partial charge in [0.25, 0.3) is 0 Å². The third-order valence-corrected chi connectivity index (χ3v) is 8.80. The molecule has 7 nitrogen and oxygen atoms in total. The van der Waals surface area contributed by atoms with Crippen LogP contribution in [0.15, 0.2) is 35.9 Å². The summed E-state index contributed by atoms with van der Waals surface area (Å²) >= 11 is 0. The zero-order valence-electron chi connectivity index (χ0n) is 22.5. The second-order valence-corrected chi connectivity index (χ2v) is 11.3. The summed E-state index contributed by atoms with van der Waals surface area (Å²) in [5, 5.41) is 13.4. The molecule has 1 unspecified atom stereocenters. The predicted octanol–water partition coefficient (Wildman–Crippen LogP) is 6.89. The molecule has 2 aliphatic carbocycles. The number of nitrogens with zero attached hydrogens (tertiary/aromatic N) is 4. The SMILES string of the molecule is CCC(C)(c1ccccc1)c1nc2nc(C(=O)O)nc(N[C@H](C)C3CCC3)c2n1C=C1CCC(C)CC1. The fraction of sp³-hybridized carbons (Fsp3) is 0.533. The van der Waals surface area contributed by atoms with E-state index >= 15 is 0 Å². The largest absolute Gasteiger partial charge is 0.475 e. The van der Waals surface area contributed by atoms with E-state index in [0.717, 1.165) is 36.5 Å². The van der Waals surface area contributed by atoms with Crippen molar-refractivity contribution in [2.24, 2.45) is 11.8 Å². The van der Waals surface area contributed by atoms with E-state index in [9.17, 15) is 9.90 Å². The fourth-order valence-corrected chi connectivity index (χ4v) is 5.73. The minimum atomic E-state index is -1.14. The van der Waals surface area contributed by atoms with Crippen LogP contribution in [0.3, 0.4) is 0 Å². The van der Waals surface area contributed by atoms with Gasteiger partial charge in [0.1, 0.15) is 11.3 Å². The highest BCUT2D eigenvalue weighted by molar-refractivity contribution is 5.92. The fourth-order valence-electron chi connectivity index (χ4n) is 5.73. The molecule has 0 saturated heterocycles. The smallest absolute Gasteiger partial charge is 0.374 e. The van der Waals surface area contributed by atoms with Crippen LogP contribution < -0.4 is 5.32 Å². The van der Waals surface area contributed by atoms with Crippen molar-refractivity contribution < 1.29 is 9.90 Å². The number of aromatic nitrogens is 4. The number of hydrogen-bond donors (Lipinski definition) is 2. The average Bonchev–Trinajstić information content (AvgIpc) is 3.23. The Labute approximate surface area is 219 Å². The highest BCUT2D eigenvalue weighted by atomic mass is 16.4. The van der Waals surface area contributed by atoms with Gasteiger partial charge in [-0.3, -0.25) is 4.57 Å². The maximum Gasteiger partial charge on any atom is 0.374 e. The van der Waals surface area contributed by atoms with Crippen molar-refractivity contribution in [3.05, 3.63) is 53.1 Å². The minimum absolute atomic E-state index is 0.190. The van der Waals surface area contributed by atoms with Crippen LogP contribution in [0.4, 0.5) is 5.82 Å². The molecule has 2 aliphatic rings. The Bertz CT molecular complexity index is 1300. The van der Waals surface area contributed by atoms with E-state index in [0.29, 0.717) is 17.4 Å². The molecule has 2 aromatic heterocycles. The first-order valence-corrected chi connectivity index (χ1v) is 13.9. The van der Waals surface area contributed by atoms with Gasteiger partial charge >= 0.3 is 5.97 Å². The normalized spacial score (nSPS) is 20.8. The third kappa shape index (κ3) is 4.88. The van der Waals surface area contributed by atoms with Crippen LogP contribution >= 0.6 is 0 Å². The van der Waals surface area contributed by atoms with Gasteiger partial charge in [0, 0.05) is 12.2 Å². The second-order valence-electron chi connectivity index (χ2n) is 11.3. The number of rotatable bonds is 8. The van der Waals surface area contributed by atoms with Gasteiger partial charge in [-0.25, -0.2) is 19.7 Å². The van der Waals surface area contributed by atoms with Crippen molar-refractivity contribution >= 4 is 29.2 Å². The third-order valence-electron chi connectivity index (χ3n) is 8.80. The molecular weight excluding hydrogens is 462 g/mol. The molecular formula is C30H39N5O2. The Kier molecular flexibility index (Phi) is 7.06. The lowest BCUT2D eigenvalue weighted by molar-refractivity contribution is 0.0684. The van der Waals surface area contributed by atoms with E-state index in [1.165, 1.54) is 43.2 Å². The quantitative estimate of drug-likeness (QED) is 0.349. The van der Waals surface area contributed by atoms with E-state index in [-0.39, 0.29) is 17.3 Å². The molecule has 0 bridgehead atoms. The van der Waals surface area contributed by atoms with Gasteiger partial charge < -0.3 is 10.4 Å². The lowest BCUT2D eigenvalue weighted by atomic mass is 9.79. The lowest BCUT2D eigenvalue weighted by Crippen LogP contribution is -2.31. The van der Waals surface area contributed by atoms with Gasteiger partial charge in [-0.05, 0) is 76.2 Å². The molecule has 7 heteroatoms. The van der Waals surface area contributed by atoms with Crippen molar-refractivity contribution in [1.29, 1.82) is 0 Å². The number of allylic oxidation sites excluding steroid dienone is 1. The van der Waals surface area contributed by atoms with Crippen LogP contribution in [0.25, 0.3) is 17.4 Å². The number of anilines is 1. The first-order chi connectivity index (χ1) is 17.8. The number of imidazole rings is 1. The highest BCUT2D eigenvalue weighted by Gasteiger charge is 2.35. The highest BCUT2D eigenvalue weighted by Crippen LogP contribution is 2.39. The van der Waals surface area contributed by atoms with Crippen LogP contribution in [0.5, 0.6) is 0 Å². The van der Waals surface area contributed by atoms with Crippen molar-refractivity contribution in [3.63, 3.8) is 0 Å². The summed E-state index contributed by atoms with van der Waals surface area (Å²) < 4.78 is 2.18. The number of aromatic carboxylic acids is 1. The van der Waals surface area contributed by atoms with Crippen LogP contribution in [-0.4, -0.2) is 36.6 Å². The zero-order valence-corrected chi connectivity index (χ0v) is 22.5. The van der Waals surface area contributed by atoms with Crippen LogP contribution in [-0.2, 0) is 5.41 Å². The van der Waals surface area contributed by atoms with E-state index in [1.807, 2.05) is 6.07 Å². The maximum absolute atomic E-state index is 12.0. The molecule has 196 valence electrons. The van der Waals surface area contributed by atoms with Gasteiger partial charge in [0.15, 0.2) is 11.5 Å². The van der Waals surface area contributed by atoms with Crippen LogP contribution in [0.2, 0.25) is 0 Å². The van der Waals surface area contributed by atoms with E-state index in [1.54, 1.807) is 0 Å². The molecule has 0 amide bonds. The summed E-state index contributed by atoms with van der Waals surface area (Å²) in [5.41, 5.74) is 3.38. The molecule has 2 fully saturated rings. The Morgan fingerprint density at radius 3 is 2.46 bits per heavy atom. The molecule has 0 aliphatic heterocycles. The summed E-state index contributed by atoms with van der Waals surface area (Å²) in [6, 6.07) is 10.6. The molecule has 3 aromatic rings. The standard InChI is InChI=1S/C30H39N5O2/c1-5-30(4,23-12-7-6-8-13-23)29-34-26-24(35(29)18-21-16-14-19(2)15-17-21)25(32-27(33-26)28(36)37)31-20(3)22-10-9-11-22/h6-8,12-13,18-20,22H,5,9-11,14-17H2,1-4H3,(H,36,37)(H,31,32,33)/t19?,20-,30?/m1/s1. The Balaban J connectivity index is 1.74. The topological polar surface area (TPSA) is 92.9 Å². The lowest BCUT2D eigenvalue weighted by Gasteiger charge is -2.32. The van der Waals surface area contributed by atoms with Gasteiger partial charge in [-0.1, -0.05) is 56.2 Å². The first kappa shape index (κ1) is 25.4. The number of carbonyl (C=O) groups is 1. The number of hydrogen-bond acceptors (Lipinski definition) is 5. The molecule has 5 rings (SSSR count). The summed E-state index contributed by atoms with van der Waals surface area (Å²) in [4.78, 5) is 26.0. The van der Waals surface area contributed by atoms with Crippen molar-refractivity contribution in [2.75, 3.05) is 5.32 Å². The van der Waals surface area contributed by atoms with Gasteiger partial charge in [0.05, 0.1) is 5.41 Å². The van der Waals surface area contributed by atoms with Crippen molar-refractivity contribution in [2.45, 2.75) is 90.5 Å². The maximum atomic E-state index is 12.0. The molecule has 2 saturated carbocycles. The molecule has 2 N–H and O–H groups in total. The minimum Gasteiger partial charge on any atom is -0.475 e. The number of fused-ring (bicyclic) bond motifs is 1. The zero-order chi connectivity index (χ0) is 26.2. The second kappa shape index (κ2) is 10.3. The predicted molar refractivity (Wildman–Crippen MR) is 148 cm³/mol. The van der Waals surface area contributed by atoms with Gasteiger partial charge in [-0.2, -0.15) is 0 Å². The summed E-state index contributed by atoms with van der Waals surface area (Å²) in [5.74, 6) is 1.38. The van der Waals surface area contributed by atoms with Crippen molar-refractivity contribution in [3.8, 4) is 0 Å². The van der Waals surface area contributed by atoms with Crippen LogP contribution in [0, 0.1) is 11.8 Å². The molecule has 1 aromatic carbocycles. The van der Waals surface area contributed by atoms with E-state index < -0.39 is 5.97 Å². The Morgan fingerprint density at radius 2 is 1.86 bits per heavy atom. The summed E-state index contributed by atoms with van der Waals surface area (Å²) in [6.45, 7) is 8.89. The summed E-state index contributed by atoms with van der Waals surface area (Å²) in [7, 11) is 0. The molecule has 37 heavy (non-hydrogen) atoms. The molecule has 2 heterocycles. The summed E-state index contributed by atoms with van der Waals surface area (Å²) in [6.07, 6.45) is 11.2. The number of carboxylic acids is 1. The van der Waals surface area contributed by atoms with Gasteiger partial charge in [-0.15, -0.1) is 0 Å². The van der Waals surface area contributed by atoms with Gasteiger partial charge in [0.2, 0.25) is 5.82 Å². The van der Waals surface area contributed by atoms with E-state index in [4.69, 9.17) is 4.98 Å². The Morgan fingerprint density at radius 1 is 1.16 bits per heavy atom. The number of nitrogens with one attached hydrogen (secondary N) is 1. The molecule has 0 radical (unpaired) electrons. The Hall–Kier alpha value is -3.22. The first-order valence-electron chi connectivity index (χ1n) is 13.9.